The third-order valence-corrected chi connectivity index (χ3v) is 5.59. The number of hydrogen-bond acceptors (Lipinski definition) is 6. The van der Waals surface area contributed by atoms with E-state index in [9.17, 15) is 9.59 Å². The predicted octanol–water partition coefficient (Wildman–Crippen LogP) is 2.38. The first-order valence-electron chi connectivity index (χ1n) is 10.0. The summed E-state index contributed by atoms with van der Waals surface area (Å²) < 4.78 is 16.2. The molecule has 1 saturated carbocycles. The lowest BCUT2D eigenvalue weighted by molar-refractivity contribution is -0.139. The van der Waals surface area contributed by atoms with E-state index in [2.05, 4.69) is 15.0 Å². The van der Waals surface area contributed by atoms with E-state index in [1.165, 1.54) is 32.8 Å². The van der Waals surface area contributed by atoms with Crippen LogP contribution < -0.4 is 14.8 Å². The SMILES string of the molecule is COC(=O)CNC(=O)c1ccc(OC2CCCN(C3CCCC3)C2)c(OC)c1. The minimum Gasteiger partial charge on any atom is -0.493 e. The van der Waals surface area contributed by atoms with Crippen molar-refractivity contribution in [3.63, 3.8) is 0 Å². The summed E-state index contributed by atoms with van der Waals surface area (Å²) in [6, 6.07) is 5.79. The number of piperidine rings is 1. The summed E-state index contributed by atoms with van der Waals surface area (Å²) in [7, 11) is 2.84. The highest BCUT2D eigenvalue weighted by Gasteiger charge is 2.29. The molecule has 1 saturated heterocycles. The van der Waals surface area contributed by atoms with Crippen LogP contribution >= 0.6 is 0 Å². The Bertz CT molecular complexity index is 687. The molecule has 1 atom stereocenters. The quantitative estimate of drug-likeness (QED) is 0.721. The molecule has 0 spiro atoms. The van der Waals surface area contributed by atoms with E-state index < -0.39 is 5.97 Å². The molecule has 1 heterocycles. The minimum atomic E-state index is -0.496. The zero-order valence-corrected chi connectivity index (χ0v) is 16.7. The van der Waals surface area contributed by atoms with E-state index in [0.29, 0.717) is 23.1 Å². The number of esters is 1. The molecule has 7 nitrogen and oxygen atoms in total. The van der Waals surface area contributed by atoms with E-state index >= 15 is 0 Å². The third kappa shape index (κ3) is 5.16. The number of methoxy groups -OCH3 is 2. The zero-order chi connectivity index (χ0) is 19.9. The molecule has 1 aromatic rings. The average molecular weight is 390 g/mol. The van der Waals surface area contributed by atoms with E-state index in [4.69, 9.17) is 9.47 Å². The first kappa shape index (κ1) is 20.5. The standard InChI is InChI=1S/C21H30N2O5/c1-26-19-12-15(21(25)22-13-20(24)27-2)9-10-18(19)28-17-8-5-11-23(14-17)16-6-3-4-7-16/h9-10,12,16-17H,3-8,11,13-14H2,1-2H3,(H,22,25). The topological polar surface area (TPSA) is 77.1 Å². The number of nitrogens with one attached hydrogen (secondary N) is 1. The Morgan fingerprint density at radius 3 is 2.61 bits per heavy atom. The number of benzene rings is 1. The Morgan fingerprint density at radius 2 is 1.89 bits per heavy atom. The number of likely N-dealkylation sites (tertiary alicyclic amines) is 1. The maximum atomic E-state index is 12.2. The fraction of sp³-hybridized carbons (Fsp3) is 0.619. The van der Waals surface area contributed by atoms with Crippen molar-refractivity contribution < 1.29 is 23.8 Å². The lowest BCUT2D eigenvalue weighted by atomic mass is 10.0. The molecule has 1 aromatic carbocycles. The Hall–Kier alpha value is -2.28. The molecule has 1 amide bonds. The lowest BCUT2D eigenvalue weighted by Crippen LogP contribution is -2.45. The number of ether oxygens (including phenoxy) is 3. The second-order valence-corrected chi connectivity index (χ2v) is 7.44. The van der Waals surface area contributed by atoms with Gasteiger partial charge in [0, 0.05) is 18.2 Å². The molecule has 1 N–H and O–H groups in total. The highest BCUT2D eigenvalue weighted by Crippen LogP contribution is 2.32. The van der Waals surface area contributed by atoms with Crippen molar-refractivity contribution in [3.05, 3.63) is 23.8 Å². The van der Waals surface area contributed by atoms with Gasteiger partial charge >= 0.3 is 5.97 Å². The van der Waals surface area contributed by atoms with Gasteiger partial charge in [0.1, 0.15) is 12.6 Å². The van der Waals surface area contributed by atoms with Gasteiger partial charge in [-0.15, -0.1) is 0 Å². The summed E-state index contributed by atoms with van der Waals surface area (Å²) in [6.45, 7) is 1.92. The van der Waals surface area contributed by atoms with E-state index in [1.807, 2.05) is 0 Å². The summed E-state index contributed by atoms with van der Waals surface area (Å²) in [5.41, 5.74) is 0.407. The maximum absolute atomic E-state index is 12.2. The molecule has 1 unspecified atom stereocenters. The van der Waals surface area contributed by atoms with Gasteiger partial charge in [-0.25, -0.2) is 0 Å². The predicted molar refractivity (Wildman–Crippen MR) is 105 cm³/mol. The highest BCUT2D eigenvalue weighted by molar-refractivity contribution is 5.96. The summed E-state index contributed by atoms with van der Waals surface area (Å²) >= 11 is 0. The fourth-order valence-corrected chi connectivity index (χ4v) is 4.08. The van der Waals surface area contributed by atoms with Gasteiger partial charge in [-0.2, -0.15) is 0 Å². The van der Waals surface area contributed by atoms with Crippen LogP contribution in [-0.2, 0) is 9.53 Å². The molecule has 28 heavy (non-hydrogen) atoms. The van der Waals surface area contributed by atoms with Gasteiger partial charge in [-0.3, -0.25) is 14.5 Å². The van der Waals surface area contributed by atoms with Crippen molar-refractivity contribution in [3.8, 4) is 11.5 Å². The number of hydrogen-bond donors (Lipinski definition) is 1. The van der Waals surface area contributed by atoms with E-state index in [1.54, 1.807) is 25.3 Å². The molecule has 3 rings (SSSR count). The first-order chi connectivity index (χ1) is 13.6. The molecule has 2 aliphatic rings. The molecule has 0 bridgehead atoms. The van der Waals surface area contributed by atoms with Gasteiger partial charge in [-0.05, 0) is 50.4 Å². The molecule has 1 aliphatic carbocycles. The van der Waals surface area contributed by atoms with Crippen molar-refractivity contribution >= 4 is 11.9 Å². The normalized spacial score (nSPS) is 20.6. The van der Waals surface area contributed by atoms with Crippen molar-refractivity contribution in [1.82, 2.24) is 10.2 Å². The Kier molecular flexibility index (Phi) is 7.14. The number of nitrogens with zero attached hydrogens (tertiary/aromatic N) is 1. The summed E-state index contributed by atoms with van der Waals surface area (Å²) in [5.74, 6) is 0.304. The van der Waals surface area contributed by atoms with Crippen LogP contribution in [0.5, 0.6) is 11.5 Å². The summed E-state index contributed by atoms with van der Waals surface area (Å²) in [4.78, 5) is 26.0. The van der Waals surface area contributed by atoms with Crippen molar-refractivity contribution in [2.45, 2.75) is 50.7 Å². The van der Waals surface area contributed by atoms with Crippen molar-refractivity contribution in [1.29, 1.82) is 0 Å². The van der Waals surface area contributed by atoms with Gasteiger partial charge in [0.15, 0.2) is 11.5 Å². The number of amides is 1. The molecule has 2 fully saturated rings. The van der Waals surface area contributed by atoms with Crippen LogP contribution in [0, 0.1) is 0 Å². The number of rotatable bonds is 7. The molecular formula is C21H30N2O5. The fourth-order valence-electron chi connectivity index (χ4n) is 4.08. The van der Waals surface area contributed by atoms with Crippen LogP contribution in [0.25, 0.3) is 0 Å². The second-order valence-electron chi connectivity index (χ2n) is 7.44. The molecule has 0 radical (unpaired) electrons. The van der Waals surface area contributed by atoms with E-state index in [0.717, 1.165) is 25.9 Å². The van der Waals surface area contributed by atoms with Crippen LogP contribution in [0.1, 0.15) is 48.9 Å². The smallest absolute Gasteiger partial charge is 0.325 e. The van der Waals surface area contributed by atoms with Crippen molar-refractivity contribution in [2.75, 3.05) is 33.9 Å². The van der Waals surface area contributed by atoms with Gasteiger partial charge < -0.3 is 19.5 Å². The van der Waals surface area contributed by atoms with Gasteiger partial charge in [0.2, 0.25) is 0 Å². The molecule has 154 valence electrons. The van der Waals surface area contributed by atoms with Crippen LogP contribution in [0.3, 0.4) is 0 Å². The van der Waals surface area contributed by atoms with Gasteiger partial charge in [0.25, 0.3) is 5.91 Å². The van der Waals surface area contributed by atoms with Crippen molar-refractivity contribution in [2.24, 2.45) is 0 Å². The molecule has 0 aromatic heterocycles. The van der Waals surface area contributed by atoms with Gasteiger partial charge in [0.05, 0.1) is 14.2 Å². The van der Waals surface area contributed by atoms with Gasteiger partial charge in [-0.1, -0.05) is 12.8 Å². The molecule has 7 heteroatoms. The van der Waals surface area contributed by atoms with Crippen LogP contribution in [0.2, 0.25) is 0 Å². The third-order valence-electron chi connectivity index (χ3n) is 5.59. The van der Waals surface area contributed by atoms with Crippen LogP contribution in [0.4, 0.5) is 0 Å². The first-order valence-corrected chi connectivity index (χ1v) is 10.0. The summed E-state index contributed by atoms with van der Waals surface area (Å²) in [6.07, 6.45) is 7.55. The monoisotopic (exact) mass is 390 g/mol. The summed E-state index contributed by atoms with van der Waals surface area (Å²) in [5, 5.41) is 2.52. The highest BCUT2D eigenvalue weighted by atomic mass is 16.5. The number of carbonyl (C=O) groups is 2. The Morgan fingerprint density at radius 1 is 1.11 bits per heavy atom. The largest absolute Gasteiger partial charge is 0.493 e. The van der Waals surface area contributed by atoms with E-state index in [-0.39, 0.29) is 18.6 Å². The lowest BCUT2D eigenvalue weighted by Gasteiger charge is -2.36. The van der Waals surface area contributed by atoms with Crippen LogP contribution in [0.15, 0.2) is 18.2 Å². The van der Waals surface area contributed by atoms with Crippen LogP contribution in [-0.4, -0.2) is 62.8 Å². The Labute approximate surface area is 166 Å². The maximum Gasteiger partial charge on any atom is 0.325 e. The molecular weight excluding hydrogens is 360 g/mol. The minimum absolute atomic E-state index is 0.127. The molecule has 1 aliphatic heterocycles. The number of carbonyl (C=O) groups excluding carboxylic acids is 2. The Balaban J connectivity index is 1.61. The second kappa shape index (κ2) is 9.78. The average Bonchev–Trinajstić information content (AvgIpc) is 3.27. The zero-order valence-electron chi connectivity index (χ0n) is 16.7.